The smallest absolute Gasteiger partial charge is 0.124 e. The molecule has 7 heteroatoms. The van der Waals surface area contributed by atoms with Gasteiger partial charge in [-0.05, 0) is 130 Å². The molecule has 4 aromatic rings. The van der Waals surface area contributed by atoms with Crippen LogP contribution in [0.15, 0.2) is 53.7 Å². The Morgan fingerprint density at radius 3 is 2.44 bits per heavy atom. The normalized spacial score (nSPS) is 28.6. The van der Waals surface area contributed by atoms with E-state index in [1.807, 2.05) is 0 Å². The monoisotopic (exact) mass is 571 g/mol. The van der Waals surface area contributed by atoms with Gasteiger partial charge in [-0.3, -0.25) is 19.8 Å². The molecule has 0 spiro atoms. The lowest BCUT2D eigenvalue weighted by Crippen LogP contribution is -2.40. The van der Waals surface area contributed by atoms with Gasteiger partial charge >= 0.3 is 0 Å². The second-order valence-corrected chi connectivity index (χ2v) is 13.7. The SMILES string of the molecule is CN1CCCC1C1=NCC(c2ccc(-c3ccc(-c4ccc5nc([C@@H]6CCCN6C)[nH]c5c4)c4c3C3CCC3C4)nc2)N1. The molecule has 3 fully saturated rings. The Kier molecular flexibility index (Phi) is 6.02. The molecular formula is C36H41N7. The molecule has 0 radical (unpaired) electrons. The highest BCUT2D eigenvalue weighted by atomic mass is 15.2. The summed E-state index contributed by atoms with van der Waals surface area (Å²) >= 11 is 0. The molecule has 43 heavy (non-hydrogen) atoms. The summed E-state index contributed by atoms with van der Waals surface area (Å²) < 4.78 is 0. The molecule has 3 aliphatic heterocycles. The minimum absolute atomic E-state index is 0.224. The van der Waals surface area contributed by atoms with Crippen molar-refractivity contribution in [1.82, 2.24) is 30.1 Å². The van der Waals surface area contributed by atoms with Crippen LogP contribution in [0, 0.1) is 5.92 Å². The number of H-pyrrole nitrogens is 1. The number of aromatic amines is 1. The van der Waals surface area contributed by atoms with Crippen molar-refractivity contribution in [3.8, 4) is 22.4 Å². The molecule has 2 aromatic carbocycles. The maximum absolute atomic E-state index is 5.06. The van der Waals surface area contributed by atoms with Gasteiger partial charge in [0, 0.05) is 11.8 Å². The summed E-state index contributed by atoms with van der Waals surface area (Å²) in [5.74, 6) is 3.72. The Labute approximate surface area is 253 Å². The Balaban J connectivity index is 1.01. The second-order valence-electron chi connectivity index (χ2n) is 13.7. The predicted molar refractivity (Wildman–Crippen MR) is 172 cm³/mol. The summed E-state index contributed by atoms with van der Waals surface area (Å²) in [4.78, 5) is 23.5. The minimum atomic E-state index is 0.224. The molecule has 2 aliphatic carbocycles. The third kappa shape index (κ3) is 4.19. The van der Waals surface area contributed by atoms with Crippen molar-refractivity contribution >= 4 is 16.9 Å². The molecule has 2 saturated heterocycles. The first-order chi connectivity index (χ1) is 21.1. The van der Waals surface area contributed by atoms with Crippen LogP contribution < -0.4 is 5.32 Å². The lowest BCUT2D eigenvalue weighted by Gasteiger charge is -2.31. The van der Waals surface area contributed by atoms with Crippen LogP contribution in [-0.4, -0.2) is 70.4 Å². The topological polar surface area (TPSA) is 72.4 Å². The van der Waals surface area contributed by atoms with E-state index in [-0.39, 0.29) is 6.04 Å². The maximum Gasteiger partial charge on any atom is 0.124 e. The zero-order chi connectivity index (χ0) is 28.7. The Bertz CT molecular complexity index is 1740. The largest absolute Gasteiger partial charge is 0.364 e. The van der Waals surface area contributed by atoms with E-state index in [9.17, 15) is 0 Å². The van der Waals surface area contributed by atoms with Crippen molar-refractivity contribution in [2.75, 3.05) is 33.7 Å². The summed E-state index contributed by atoms with van der Waals surface area (Å²) in [6.07, 6.45) is 10.8. The van der Waals surface area contributed by atoms with Gasteiger partial charge in [0.2, 0.25) is 0 Å². The number of rotatable bonds is 5. The summed E-state index contributed by atoms with van der Waals surface area (Å²) in [6.45, 7) is 3.11. The zero-order valence-corrected chi connectivity index (χ0v) is 25.3. The van der Waals surface area contributed by atoms with Crippen LogP contribution in [0.5, 0.6) is 0 Å². The zero-order valence-electron chi connectivity index (χ0n) is 25.3. The summed E-state index contributed by atoms with van der Waals surface area (Å²) in [7, 11) is 4.42. The highest BCUT2D eigenvalue weighted by molar-refractivity contribution is 5.89. The number of fused-ring (bicyclic) bond motifs is 4. The first kappa shape index (κ1) is 25.9. The molecule has 5 heterocycles. The molecular weight excluding hydrogens is 530 g/mol. The van der Waals surface area contributed by atoms with Crippen LogP contribution >= 0.6 is 0 Å². The first-order valence-electron chi connectivity index (χ1n) is 16.4. The molecule has 220 valence electrons. The van der Waals surface area contributed by atoms with Gasteiger partial charge in [0.05, 0.1) is 41.4 Å². The average Bonchev–Trinajstić information content (AvgIpc) is 3.84. The third-order valence-electron chi connectivity index (χ3n) is 11.3. The summed E-state index contributed by atoms with van der Waals surface area (Å²) in [5, 5.41) is 3.72. The van der Waals surface area contributed by atoms with E-state index in [4.69, 9.17) is 15.0 Å². The quantitative estimate of drug-likeness (QED) is 0.297. The van der Waals surface area contributed by atoms with Gasteiger partial charge in [-0.15, -0.1) is 0 Å². The number of pyridine rings is 1. The number of likely N-dealkylation sites (N-methyl/N-ethyl adjacent to an activating group) is 1. The molecule has 5 aliphatic rings. The maximum atomic E-state index is 5.06. The Hall–Kier alpha value is -3.55. The standard InChI is InChI=1S/C36H41N7/c1-42-15-3-5-32(42)35-38-20-31(41-35)23-9-13-28(37-19-23)26-12-11-24(27-17-21-7-10-25(21)34(26)27)22-8-14-29-30(18-22)40-36(39-29)33-6-4-16-43(33)2/h8-9,11-14,18-19,21,25,31-33H,3-7,10,15-17,20H2,1-2H3,(H,38,41)(H,39,40)/t21?,25?,31?,32?,33-/m0/s1. The van der Waals surface area contributed by atoms with Crippen molar-refractivity contribution in [3.63, 3.8) is 0 Å². The lowest BCUT2D eigenvalue weighted by molar-refractivity contribution is 0.281. The van der Waals surface area contributed by atoms with Gasteiger partial charge in [0.1, 0.15) is 11.7 Å². The fourth-order valence-electron chi connectivity index (χ4n) is 8.74. The molecule has 0 amide bonds. The van der Waals surface area contributed by atoms with Crippen molar-refractivity contribution in [2.45, 2.75) is 69.0 Å². The third-order valence-corrected chi connectivity index (χ3v) is 11.3. The van der Waals surface area contributed by atoms with Crippen LogP contribution in [-0.2, 0) is 6.42 Å². The number of amidine groups is 1. The Morgan fingerprint density at radius 2 is 1.70 bits per heavy atom. The number of likely N-dealkylation sites (tertiary alicyclic amines) is 2. The highest BCUT2D eigenvalue weighted by Gasteiger charge is 2.42. The number of aromatic nitrogens is 3. The minimum Gasteiger partial charge on any atom is -0.364 e. The van der Waals surface area contributed by atoms with Crippen LogP contribution in [0.4, 0.5) is 0 Å². The fourth-order valence-corrected chi connectivity index (χ4v) is 8.74. The number of aliphatic imine (C=N–C) groups is 1. The first-order valence-corrected chi connectivity index (χ1v) is 16.4. The second kappa shape index (κ2) is 10.00. The van der Waals surface area contributed by atoms with Crippen LogP contribution in [0.1, 0.15) is 79.0 Å². The number of nitrogens with zero attached hydrogens (tertiary/aromatic N) is 5. The number of hydrogen-bond acceptors (Lipinski definition) is 6. The summed E-state index contributed by atoms with van der Waals surface area (Å²) in [5.41, 5.74) is 11.7. The van der Waals surface area contributed by atoms with Gasteiger partial charge in [-0.2, -0.15) is 0 Å². The van der Waals surface area contributed by atoms with E-state index in [1.165, 1.54) is 67.2 Å². The summed E-state index contributed by atoms with van der Waals surface area (Å²) in [6, 6.07) is 17.1. The molecule has 2 aromatic heterocycles. The average molecular weight is 572 g/mol. The number of hydrogen-bond donors (Lipinski definition) is 2. The van der Waals surface area contributed by atoms with Crippen LogP contribution in [0.3, 0.4) is 0 Å². The molecule has 4 unspecified atom stereocenters. The molecule has 7 nitrogen and oxygen atoms in total. The van der Waals surface area contributed by atoms with E-state index in [1.54, 1.807) is 11.1 Å². The lowest BCUT2D eigenvalue weighted by atomic mass is 9.73. The molecule has 0 bridgehead atoms. The predicted octanol–water partition coefficient (Wildman–Crippen LogP) is 6.25. The van der Waals surface area contributed by atoms with E-state index in [0.717, 1.165) is 53.9 Å². The van der Waals surface area contributed by atoms with Gasteiger partial charge in [0.25, 0.3) is 0 Å². The van der Waals surface area contributed by atoms with Crippen molar-refractivity contribution in [3.05, 3.63) is 71.2 Å². The van der Waals surface area contributed by atoms with Gasteiger partial charge in [-0.25, -0.2) is 4.98 Å². The van der Waals surface area contributed by atoms with Crippen LogP contribution in [0.2, 0.25) is 0 Å². The highest BCUT2D eigenvalue weighted by Crippen LogP contribution is 2.56. The van der Waals surface area contributed by atoms with Crippen LogP contribution in [0.25, 0.3) is 33.4 Å². The molecule has 9 rings (SSSR count). The van der Waals surface area contributed by atoms with Gasteiger partial charge < -0.3 is 10.3 Å². The Morgan fingerprint density at radius 1 is 0.860 bits per heavy atom. The van der Waals surface area contributed by atoms with E-state index in [2.05, 4.69) is 82.9 Å². The molecule has 5 atom stereocenters. The number of benzene rings is 2. The fraction of sp³-hybridized carbons (Fsp3) is 0.472. The number of imidazole rings is 1. The van der Waals surface area contributed by atoms with Crippen molar-refractivity contribution in [1.29, 1.82) is 0 Å². The molecule has 2 N–H and O–H groups in total. The van der Waals surface area contributed by atoms with E-state index >= 15 is 0 Å². The molecule has 1 saturated carbocycles. The van der Waals surface area contributed by atoms with Crippen molar-refractivity contribution in [2.24, 2.45) is 10.9 Å². The number of nitrogens with one attached hydrogen (secondary N) is 2. The van der Waals surface area contributed by atoms with Crippen molar-refractivity contribution < 1.29 is 0 Å². The van der Waals surface area contributed by atoms with E-state index < -0.39 is 0 Å². The van der Waals surface area contributed by atoms with Gasteiger partial charge in [0.15, 0.2) is 0 Å². The van der Waals surface area contributed by atoms with Gasteiger partial charge in [-0.1, -0.05) is 24.3 Å². The van der Waals surface area contributed by atoms with E-state index in [0.29, 0.717) is 18.0 Å².